The second-order valence-corrected chi connectivity index (χ2v) is 9.11. The van der Waals surface area contributed by atoms with Gasteiger partial charge in [0.25, 0.3) is 5.56 Å². The Balaban J connectivity index is 1.58. The fourth-order valence-electron chi connectivity index (χ4n) is 4.86. The molecule has 2 aliphatic rings. The second kappa shape index (κ2) is 7.75. The first-order valence-corrected chi connectivity index (χ1v) is 11.1. The van der Waals surface area contributed by atoms with Gasteiger partial charge >= 0.3 is 5.97 Å². The van der Waals surface area contributed by atoms with Crippen LogP contribution in [0.25, 0.3) is 10.9 Å². The Kier molecular flexibility index (Phi) is 4.99. The minimum Gasteiger partial charge on any atom is -0.481 e. The standard InChI is InChI=1S/C24H27N5O4/c1-12-7-16(13(2)25-18-5-6-19(33-4)26-21(18)23(31)32)20-17(8-12)22(30)28(3)24(27-20)29-10-14-9-15(14)11-29/h5-8,13-15,25H,9-11H2,1-4H3,(H,31,32). The molecular weight excluding hydrogens is 422 g/mol. The minimum absolute atomic E-state index is 0.0786. The number of rotatable bonds is 6. The van der Waals surface area contributed by atoms with Crippen molar-refractivity contribution in [3.05, 3.63) is 51.4 Å². The Labute approximate surface area is 191 Å². The molecule has 2 fully saturated rings. The van der Waals surface area contributed by atoms with E-state index >= 15 is 0 Å². The second-order valence-electron chi connectivity index (χ2n) is 9.11. The number of aromatic nitrogens is 3. The van der Waals surface area contributed by atoms with Gasteiger partial charge in [0.1, 0.15) is 0 Å². The number of carboxylic acid groups (broad SMARTS) is 1. The van der Waals surface area contributed by atoms with Gasteiger partial charge in [-0.1, -0.05) is 6.07 Å². The van der Waals surface area contributed by atoms with Crippen LogP contribution in [0.4, 0.5) is 11.6 Å². The molecule has 172 valence electrons. The average molecular weight is 450 g/mol. The maximum Gasteiger partial charge on any atom is 0.356 e. The average Bonchev–Trinajstić information content (AvgIpc) is 3.40. The van der Waals surface area contributed by atoms with Crippen molar-refractivity contribution in [2.24, 2.45) is 18.9 Å². The Bertz CT molecular complexity index is 1320. The van der Waals surface area contributed by atoms with Gasteiger partial charge in [-0.15, -0.1) is 0 Å². The fourth-order valence-corrected chi connectivity index (χ4v) is 4.86. The van der Waals surface area contributed by atoms with Crippen molar-refractivity contribution >= 4 is 28.5 Å². The highest BCUT2D eigenvalue weighted by atomic mass is 16.5. The van der Waals surface area contributed by atoms with Crippen molar-refractivity contribution in [3.63, 3.8) is 0 Å². The summed E-state index contributed by atoms with van der Waals surface area (Å²) in [7, 11) is 3.22. The Morgan fingerprint density at radius 3 is 2.64 bits per heavy atom. The van der Waals surface area contributed by atoms with Crippen LogP contribution in [0.2, 0.25) is 0 Å². The van der Waals surface area contributed by atoms with E-state index in [1.165, 1.54) is 13.5 Å². The van der Waals surface area contributed by atoms with Crippen molar-refractivity contribution in [1.29, 1.82) is 0 Å². The molecule has 1 aromatic carbocycles. The van der Waals surface area contributed by atoms with Crippen LogP contribution in [0.5, 0.6) is 5.88 Å². The molecule has 5 rings (SSSR count). The number of aryl methyl sites for hydroxylation is 1. The third kappa shape index (κ3) is 3.67. The Morgan fingerprint density at radius 1 is 1.24 bits per heavy atom. The number of pyridine rings is 1. The van der Waals surface area contributed by atoms with E-state index in [2.05, 4.69) is 15.2 Å². The number of methoxy groups -OCH3 is 1. The number of hydrogen-bond acceptors (Lipinski definition) is 7. The lowest BCUT2D eigenvalue weighted by atomic mass is 10.0. The topological polar surface area (TPSA) is 110 Å². The quantitative estimate of drug-likeness (QED) is 0.591. The number of anilines is 2. The zero-order valence-electron chi connectivity index (χ0n) is 19.1. The molecule has 2 aromatic heterocycles. The molecule has 3 heterocycles. The number of carbonyl (C=O) groups is 1. The zero-order valence-corrected chi connectivity index (χ0v) is 19.1. The predicted molar refractivity (Wildman–Crippen MR) is 125 cm³/mol. The smallest absolute Gasteiger partial charge is 0.356 e. The largest absolute Gasteiger partial charge is 0.481 e. The van der Waals surface area contributed by atoms with Crippen LogP contribution >= 0.6 is 0 Å². The number of hydrogen-bond donors (Lipinski definition) is 2. The van der Waals surface area contributed by atoms with Crippen molar-refractivity contribution in [1.82, 2.24) is 14.5 Å². The summed E-state index contributed by atoms with van der Waals surface area (Å²) in [4.78, 5) is 36.3. The highest BCUT2D eigenvalue weighted by Crippen LogP contribution is 2.46. The monoisotopic (exact) mass is 449 g/mol. The lowest BCUT2D eigenvalue weighted by Crippen LogP contribution is -2.31. The predicted octanol–water partition coefficient (Wildman–Crippen LogP) is 2.97. The summed E-state index contributed by atoms with van der Waals surface area (Å²) in [6, 6.07) is 6.79. The van der Waals surface area contributed by atoms with Crippen LogP contribution in [0.3, 0.4) is 0 Å². The van der Waals surface area contributed by atoms with Gasteiger partial charge in [0.15, 0.2) is 5.69 Å². The number of piperidine rings is 1. The first-order valence-electron chi connectivity index (χ1n) is 11.1. The molecule has 0 bridgehead atoms. The molecule has 1 saturated carbocycles. The molecule has 9 heteroatoms. The van der Waals surface area contributed by atoms with Crippen LogP contribution in [0, 0.1) is 18.8 Å². The number of aromatic carboxylic acids is 1. The van der Waals surface area contributed by atoms with Gasteiger partial charge in [0.05, 0.1) is 29.7 Å². The third-order valence-corrected chi connectivity index (χ3v) is 6.71. The Morgan fingerprint density at radius 2 is 1.97 bits per heavy atom. The fraction of sp³-hybridized carbons (Fsp3) is 0.417. The van der Waals surface area contributed by atoms with Crippen LogP contribution in [-0.2, 0) is 7.05 Å². The highest BCUT2D eigenvalue weighted by molar-refractivity contribution is 5.92. The lowest BCUT2D eigenvalue weighted by molar-refractivity contribution is 0.0690. The van der Waals surface area contributed by atoms with Crippen molar-refractivity contribution in [2.75, 3.05) is 30.4 Å². The molecule has 1 aliphatic carbocycles. The summed E-state index contributed by atoms with van der Waals surface area (Å²) < 4.78 is 6.71. The van der Waals surface area contributed by atoms with E-state index < -0.39 is 5.97 Å². The van der Waals surface area contributed by atoms with Gasteiger partial charge in [-0.05, 0) is 49.8 Å². The zero-order chi connectivity index (χ0) is 23.4. The normalized spacial score (nSPS) is 19.9. The van der Waals surface area contributed by atoms with E-state index in [9.17, 15) is 14.7 Å². The van der Waals surface area contributed by atoms with Crippen molar-refractivity contribution < 1.29 is 14.6 Å². The maximum absolute atomic E-state index is 13.3. The number of nitrogens with one attached hydrogen (secondary N) is 1. The molecule has 0 amide bonds. The summed E-state index contributed by atoms with van der Waals surface area (Å²) in [6.07, 6.45) is 1.27. The summed E-state index contributed by atoms with van der Waals surface area (Å²) in [5, 5.41) is 13.4. The number of ether oxygens (including phenoxy) is 1. The molecular formula is C24H27N5O4. The molecule has 3 unspecified atom stereocenters. The number of nitrogens with zero attached hydrogens (tertiary/aromatic N) is 4. The summed E-state index contributed by atoms with van der Waals surface area (Å²) in [5.74, 6) is 1.19. The van der Waals surface area contributed by atoms with E-state index in [4.69, 9.17) is 9.72 Å². The lowest BCUT2D eigenvalue weighted by Gasteiger charge is -2.24. The molecule has 3 atom stereocenters. The van der Waals surface area contributed by atoms with Crippen LogP contribution in [-0.4, -0.2) is 45.8 Å². The van der Waals surface area contributed by atoms with E-state index in [0.29, 0.717) is 34.4 Å². The van der Waals surface area contributed by atoms with Crippen molar-refractivity contribution in [2.45, 2.75) is 26.3 Å². The molecule has 33 heavy (non-hydrogen) atoms. The van der Waals surface area contributed by atoms with Gasteiger partial charge in [-0.25, -0.2) is 14.8 Å². The first kappa shape index (κ1) is 21.2. The van der Waals surface area contributed by atoms with Gasteiger partial charge in [-0.3, -0.25) is 9.36 Å². The van der Waals surface area contributed by atoms with Gasteiger partial charge in [-0.2, -0.15) is 0 Å². The van der Waals surface area contributed by atoms with Gasteiger partial charge in [0, 0.05) is 31.8 Å². The molecule has 2 N–H and O–H groups in total. The van der Waals surface area contributed by atoms with E-state index in [-0.39, 0.29) is 23.2 Å². The Hall–Kier alpha value is -3.62. The van der Waals surface area contributed by atoms with Crippen LogP contribution in [0.1, 0.15) is 41.0 Å². The summed E-state index contributed by atoms with van der Waals surface area (Å²) >= 11 is 0. The minimum atomic E-state index is -1.15. The molecule has 0 spiro atoms. The van der Waals surface area contributed by atoms with E-state index in [0.717, 1.165) is 24.2 Å². The molecule has 1 aliphatic heterocycles. The van der Waals surface area contributed by atoms with E-state index in [1.807, 2.05) is 26.0 Å². The molecule has 1 saturated heterocycles. The maximum atomic E-state index is 13.3. The summed E-state index contributed by atoms with van der Waals surface area (Å²) in [5.41, 5.74) is 2.57. The van der Waals surface area contributed by atoms with Crippen LogP contribution < -0.4 is 20.5 Å². The van der Waals surface area contributed by atoms with Gasteiger partial charge in [0.2, 0.25) is 11.8 Å². The number of benzene rings is 1. The third-order valence-electron chi connectivity index (χ3n) is 6.71. The number of carboxylic acids is 1. The molecule has 9 nitrogen and oxygen atoms in total. The highest BCUT2D eigenvalue weighted by Gasteiger charge is 2.46. The summed E-state index contributed by atoms with van der Waals surface area (Å²) in [6.45, 7) is 5.73. The molecule has 3 aromatic rings. The molecule has 0 radical (unpaired) electrons. The van der Waals surface area contributed by atoms with Gasteiger partial charge < -0.3 is 20.1 Å². The first-order chi connectivity index (χ1) is 15.8. The SMILES string of the molecule is COc1ccc(NC(C)c2cc(C)cc3c(=O)n(C)c(N4CC5CC5C4)nc23)c(C(=O)O)n1. The van der Waals surface area contributed by atoms with Crippen LogP contribution in [0.15, 0.2) is 29.1 Å². The van der Waals surface area contributed by atoms with E-state index in [1.54, 1.807) is 23.7 Å². The number of fused-ring (bicyclic) bond motifs is 2. The van der Waals surface area contributed by atoms with Crippen molar-refractivity contribution in [3.8, 4) is 5.88 Å².